The van der Waals surface area contributed by atoms with Gasteiger partial charge in [0.1, 0.15) is 18.3 Å². The fraction of sp³-hybridized carbons (Fsp3) is 0.500. The summed E-state index contributed by atoms with van der Waals surface area (Å²) in [5.41, 5.74) is 3.73. The summed E-state index contributed by atoms with van der Waals surface area (Å²) in [6.45, 7) is -1.06. The second kappa shape index (κ2) is 9.12. The number of carbonyl (C=O) groups excluding carboxylic acids is 2. The molecule has 0 bridgehead atoms. The smallest absolute Gasteiger partial charge is 0.387 e. The van der Waals surface area contributed by atoms with Gasteiger partial charge in [0.2, 0.25) is 0 Å². The Kier molecular flexibility index (Phi) is 7.15. The fourth-order valence-corrected chi connectivity index (χ4v) is 5.78. The number of urea groups is 1. The molecule has 23 heteroatoms. The molecule has 3 rings (SSSR count). The standard InChI is InChI=1S/C10H16N5O15P3/c16-5-3(1-27-32(23,24)30-33(25,26)29-31(20,21)22)28-9(6(5)17)15-2-11-7-4(15)8(18)13-14-10(19)12-7/h2-3,5-6,9,16-17H,1H2,(H,13,18)(H,23,24)(H,25,26)(H2,12,14,19)(H2,20,21,22)/t3-,5-,6-,9-/m1/s1. The summed E-state index contributed by atoms with van der Waals surface area (Å²) < 4.78 is 51.5. The van der Waals surface area contributed by atoms with E-state index in [0.717, 1.165) is 10.9 Å². The molecule has 6 atom stereocenters. The topological polar surface area (TPSA) is 298 Å². The average Bonchev–Trinajstić information content (AvgIpc) is 3.12. The Labute approximate surface area is 181 Å². The highest BCUT2D eigenvalue weighted by Gasteiger charge is 2.47. The predicted octanol–water partition coefficient (Wildman–Crippen LogP) is -2.37. The highest BCUT2D eigenvalue weighted by molar-refractivity contribution is 7.66. The molecule has 2 aliphatic rings. The van der Waals surface area contributed by atoms with Crippen molar-refractivity contribution < 1.29 is 71.0 Å². The number of fused-ring (bicyclic) bond motifs is 1. The van der Waals surface area contributed by atoms with Gasteiger partial charge in [-0.15, -0.1) is 0 Å². The lowest BCUT2D eigenvalue weighted by atomic mass is 10.1. The SMILES string of the molecule is O=C1NNC(=O)c2c(ncn2[C@@H]2O[C@H](COP(=O)(O)OP(=O)(O)OP(=O)(O)O)[C@@H](O)[C@H]2O)N1. The zero-order valence-electron chi connectivity index (χ0n) is 15.7. The van der Waals surface area contributed by atoms with Gasteiger partial charge in [-0.1, -0.05) is 0 Å². The van der Waals surface area contributed by atoms with E-state index in [9.17, 15) is 38.4 Å². The van der Waals surface area contributed by atoms with Crippen molar-refractivity contribution in [3.05, 3.63) is 12.0 Å². The highest BCUT2D eigenvalue weighted by Crippen LogP contribution is 2.66. The lowest BCUT2D eigenvalue weighted by molar-refractivity contribution is -0.0526. The number of aromatic nitrogens is 2. The quantitative estimate of drug-likeness (QED) is 0.156. The van der Waals surface area contributed by atoms with Gasteiger partial charge in [-0.2, -0.15) is 8.62 Å². The van der Waals surface area contributed by atoms with Gasteiger partial charge in [0, 0.05) is 0 Å². The Hall–Kier alpha value is -1.76. The number of nitrogens with zero attached hydrogens (tertiary/aromatic N) is 2. The minimum atomic E-state index is -5.76. The summed E-state index contributed by atoms with van der Waals surface area (Å²) in [6.07, 6.45) is -5.69. The molecule has 33 heavy (non-hydrogen) atoms. The number of carbonyl (C=O) groups is 2. The van der Waals surface area contributed by atoms with Crippen molar-refractivity contribution in [1.82, 2.24) is 20.4 Å². The van der Waals surface area contributed by atoms with E-state index in [1.165, 1.54) is 0 Å². The molecule has 0 aliphatic carbocycles. The van der Waals surface area contributed by atoms with Crippen LogP contribution in [-0.2, 0) is 31.6 Å². The number of hydrazine groups is 1. The first-order valence-corrected chi connectivity index (χ1v) is 12.8. The highest BCUT2D eigenvalue weighted by atomic mass is 31.3. The third kappa shape index (κ3) is 6.23. The molecule has 1 saturated heterocycles. The Morgan fingerprint density at radius 2 is 1.70 bits per heavy atom. The van der Waals surface area contributed by atoms with Crippen LogP contribution in [0.4, 0.5) is 10.6 Å². The third-order valence-corrected chi connectivity index (χ3v) is 7.76. The van der Waals surface area contributed by atoms with E-state index in [0.29, 0.717) is 0 Å². The summed E-state index contributed by atoms with van der Waals surface area (Å²) in [5.74, 6) is -1.09. The van der Waals surface area contributed by atoms with Gasteiger partial charge in [-0.3, -0.25) is 24.6 Å². The number of hydrogen-bond acceptors (Lipinski definition) is 12. The molecule has 20 nitrogen and oxygen atoms in total. The zero-order chi connectivity index (χ0) is 24.8. The Morgan fingerprint density at radius 3 is 2.33 bits per heavy atom. The summed E-state index contributed by atoms with van der Waals surface area (Å²) in [4.78, 5) is 63.0. The molecule has 0 radical (unpaired) electrons. The monoisotopic (exact) mass is 539 g/mol. The van der Waals surface area contributed by atoms with E-state index in [2.05, 4.69) is 23.4 Å². The van der Waals surface area contributed by atoms with Crippen LogP contribution in [-0.4, -0.2) is 76.2 Å². The Morgan fingerprint density at radius 1 is 1.03 bits per heavy atom. The number of aliphatic hydroxyl groups is 2. The van der Waals surface area contributed by atoms with E-state index >= 15 is 0 Å². The largest absolute Gasteiger partial charge is 0.490 e. The molecule has 0 saturated carbocycles. The van der Waals surface area contributed by atoms with Crippen LogP contribution in [0.3, 0.4) is 0 Å². The molecule has 0 spiro atoms. The van der Waals surface area contributed by atoms with Crippen LogP contribution >= 0.6 is 23.5 Å². The number of phosphoric ester groups is 1. The van der Waals surface area contributed by atoms with Crippen LogP contribution in [0.2, 0.25) is 0 Å². The van der Waals surface area contributed by atoms with E-state index in [1.807, 2.05) is 10.9 Å². The number of anilines is 1. The average molecular weight is 539 g/mol. The summed E-state index contributed by atoms with van der Waals surface area (Å²) in [7, 11) is -16.9. The van der Waals surface area contributed by atoms with E-state index < -0.39 is 66.6 Å². The molecule has 0 aromatic carbocycles. The molecule has 2 unspecified atom stereocenters. The maximum absolute atomic E-state index is 12.2. The Balaban J connectivity index is 1.70. The van der Waals surface area contributed by atoms with Gasteiger partial charge in [0.05, 0.1) is 12.9 Å². The maximum atomic E-state index is 12.2. The van der Waals surface area contributed by atoms with E-state index in [4.69, 9.17) is 19.4 Å². The van der Waals surface area contributed by atoms with Crippen molar-refractivity contribution in [3.63, 3.8) is 0 Å². The minimum absolute atomic E-state index is 0.218. The van der Waals surface area contributed by atoms with Crippen molar-refractivity contribution in [2.24, 2.45) is 0 Å². The third-order valence-electron chi connectivity index (χ3n) is 3.96. The van der Waals surface area contributed by atoms with Gasteiger partial charge < -0.3 is 34.5 Å². The number of rotatable bonds is 8. The lowest BCUT2D eigenvalue weighted by Gasteiger charge is -2.19. The number of amides is 3. The van der Waals surface area contributed by atoms with Gasteiger partial charge in [-0.05, 0) is 0 Å². The predicted molar refractivity (Wildman–Crippen MR) is 97.6 cm³/mol. The zero-order valence-corrected chi connectivity index (χ0v) is 18.4. The maximum Gasteiger partial charge on any atom is 0.490 e. The van der Waals surface area contributed by atoms with Crippen molar-refractivity contribution >= 4 is 41.2 Å². The molecular weight excluding hydrogens is 523 g/mol. The first-order valence-electron chi connectivity index (χ1n) is 8.33. The molecule has 9 N–H and O–H groups in total. The van der Waals surface area contributed by atoms with Crippen LogP contribution in [0.1, 0.15) is 16.7 Å². The normalized spacial score (nSPS) is 29.2. The van der Waals surface area contributed by atoms with Crippen LogP contribution in [0, 0.1) is 0 Å². The second-order valence-corrected chi connectivity index (χ2v) is 10.7. The number of nitrogens with one attached hydrogen (secondary N) is 3. The summed E-state index contributed by atoms with van der Waals surface area (Å²) >= 11 is 0. The van der Waals surface area contributed by atoms with E-state index in [-0.39, 0.29) is 11.5 Å². The van der Waals surface area contributed by atoms with Gasteiger partial charge in [-0.25, -0.2) is 28.9 Å². The van der Waals surface area contributed by atoms with Crippen LogP contribution < -0.4 is 16.2 Å². The first kappa shape index (κ1) is 25.9. The van der Waals surface area contributed by atoms with Crippen LogP contribution in [0.25, 0.3) is 0 Å². The molecular formula is C10H16N5O15P3. The lowest BCUT2D eigenvalue weighted by Crippen LogP contribution is -2.41. The number of aliphatic hydroxyl groups excluding tert-OH is 2. The van der Waals surface area contributed by atoms with Gasteiger partial charge in [0.15, 0.2) is 17.7 Å². The molecule has 2 aliphatic heterocycles. The van der Waals surface area contributed by atoms with Crippen molar-refractivity contribution in [3.8, 4) is 0 Å². The Bertz CT molecular complexity index is 1090. The second-order valence-electron chi connectivity index (χ2n) is 6.32. The minimum Gasteiger partial charge on any atom is -0.387 e. The number of imidazole rings is 1. The molecule has 3 heterocycles. The summed E-state index contributed by atoms with van der Waals surface area (Å²) in [5, 5.41) is 22.7. The molecule has 1 aromatic heterocycles. The van der Waals surface area contributed by atoms with Crippen molar-refractivity contribution in [2.75, 3.05) is 11.9 Å². The van der Waals surface area contributed by atoms with Gasteiger partial charge in [0.25, 0.3) is 5.91 Å². The van der Waals surface area contributed by atoms with Crippen molar-refractivity contribution in [2.45, 2.75) is 24.5 Å². The first-order chi connectivity index (χ1) is 15.1. The van der Waals surface area contributed by atoms with E-state index in [1.54, 1.807) is 0 Å². The van der Waals surface area contributed by atoms with Crippen LogP contribution in [0.15, 0.2) is 6.33 Å². The van der Waals surface area contributed by atoms with Crippen LogP contribution in [0.5, 0.6) is 0 Å². The molecule has 186 valence electrons. The molecule has 1 fully saturated rings. The number of hydrogen-bond donors (Lipinski definition) is 9. The van der Waals surface area contributed by atoms with Crippen molar-refractivity contribution in [1.29, 1.82) is 0 Å². The van der Waals surface area contributed by atoms with Gasteiger partial charge >= 0.3 is 29.5 Å². The molecule has 3 amide bonds. The number of phosphoric acid groups is 3. The number of ether oxygens (including phenoxy) is 1. The summed E-state index contributed by atoms with van der Waals surface area (Å²) in [6, 6.07) is -0.825. The molecule has 1 aromatic rings. The fourth-order valence-electron chi connectivity index (χ4n) is 2.75.